The van der Waals surface area contributed by atoms with Crippen LogP contribution in [0, 0.1) is 6.92 Å². The minimum Gasteiger partial charge on any atom is -0.368 e. The van der Waals surface area contributed by atoms with Gasteiger partial charge >= 0.3 is 0 Å². The van der Waals surface area contributed by atoms with E-state index < -0.39 is 0 Å². The van der Waals surface area contributed by atoms with Crippen molar-refractivity contribution in [1.82, 2.24) is 0 Å². The Morgan fingerprint density at radius 2 is 2.11 bits per heavy atom. The first kappa shape index (κ1) is 14.0. The molecule has 2 atom stereocenters. The topological polar surface area (TPSA) is 64.3 Å². The summed E-state index contributed by atoms with van der Waals surface area (Å²) in [5.74, 6) is -0.108. The highest BCUT2D eigenvalue weighted by atomic mass is 16.5. The molecular weight excluding hydrogens is 240 g/mol. The maximum atomic E-state index is 11.8. The Hall–Kier alpha value is -1.39. The number of carbonyl (C=O) groups excluding carboxylic acids is 1. The van der Waals surface area contributed by atoms with Crippen molar-refractivity contribution >= 4 is 11.6 Å². The molecule has 1 aliphatic carbocycles. The lowest BCUT2D eigenvalue weighted by molar-refractivity contribution is -0.123. The van der Waals surface area contributed by atoms with Crippen LogP contribution >= 0.6 is 0 Å². The SMILES string of the molecule is Cc1ccc(NC(=O)COC2CCCC(N)C2)cc1. The van der Waals surface area contributed by atoms with Gasteiger partial charge in [0.25, 0.3) is 0 Å². The van der Waals surface area contributed by atoms with Gasteiger partial charge in [0.1, 0.15) is 6.61 Å². The highest BCUT2D eigenvalue weighted by Crippen LogP contribution is 2.19. The van der Waals surface area contributed by atoms with Crippen LogP contribution < -0.4 is 11.1 Å². The van der Waals surface area contributed by atoms with E-state index in [1.807, 2.05) is 31.2 Å². The molecule has 104 valence electrons. The molecule has 4 nitrogen and oxygen atoms in total. The van der Waals surface area contributed by atoms with Crippen LogP contribution in [0.1, 0.15) is 31.2 Å². The summed E-state index contributed by atoms with van der Waals surface area (Å²) >= 11 is 0. The predicted molar refractivity (Wildman–Crippen MR) is 76.0 cm³/mol. The third-order valence-corrected chi connectivity index (χ3v) is 3.45. The van der Waals surface area contributed by atoms with Crippen molar-refractivity contribution in [2.24, 2.45) is 5.73 Å². The molecule has 0 aromatic heterocycles. The van der Waals surface area contributed by atoms with Gasteiger partial charge in [0.2, 0.25) is 5.91 Å². The maximum absolute atomic E-state index is 11.8. The van der Waals surface area contributed by atoms with E-state index in [2.05, 4.69) is 5.32 Å². The maximum Gasteiger partial charge on any atom is 0.250 e. The molecule has 1 amide bonds. The molecule has 0 radical (unpaired) electrons. The first-order valence-electron chi connectivity index (χ1n) is 6.87. The van der Waals surface area contributed by atoms with Crippen molar-refractivity contribution in [2.75, 3.05) is 11.9 Å². The Morgan fingerprint density at radius 1 is 1.37 bits per heavy atom. The summed E-state index contributed by atoms with van der Waals surface area (Å²) in [5, 5.41) is 2.82. The lowest BCUT2D eigenvalue weighted by atomic mass is 9.94. The van der Waals surface area contributed by atoms with E-state index >= 15 is 0 Å². The smallest absolute Gasteiger partial charge is 0.250 e. The number of hydrogen-bond acceptors (Lipinski definition) is 3. The molecule has 1 saturated carbocycles. The highest BCUT2D eigenvalue weighted by Gasteiger charge is 2.20. The van der Waals surface area contributed by atoms with Gasteiger partial charge in [-0.2, -0.15) is 0 Å². The molecule has 2 rings (SSSR count). The summed E-state index contributed by atoms with van der Waals surface area (Å²) < 4.78 is 5.62. The Bertz CT molecular complexity index is 417. The fraction of sp³-hybridized carbons (Fsp3) is 0.533. The number of nitrogens with two attached hydrogens (primary N) is 1. The minimum absolute atomic E-state index is 0.102. The third-order valence-electron chi connectivity index (χ3n) is 3.45. The van der Waals surface area contributed by atoms with Gasteiger partial charge in [0.15, 0.2) is 0 Å². The van der Waals surface area contributed by atoms with Crippen molar-refractivity contribution in [3.8, 4) is 0 Å². The molecule has 4 heteroatoms. The number of nitrogens with one attached hydrogen (secondary N) is 1. The number of aryl methyl sites for hydroxylation is 1. The van der Waals surface area contributed by atoms with Crippen molar-refractivity contribution in [3.05, 3.63) is 29.8 Å². The zero-order chi connectivity index (χ0) is 13.7. The van der Waals surface area contributed by atoms with Crippen LogP contribution in [-0.2, 0) is 9.53 Å². The summed E-state index contributed by atoms with van der Waals surface area (Å²) in [4.78, 5) is 11.8. The molecule has 0 spiro atoms. The number of benzene rings is 1. The molecule has 0 bridgehead atoms. The number of amides is 1. The van der Waals surface area contributed by atoms with Crippen molar-refractivity contribution in [3.63, 3.8) is 0 Å². The van der Waals surface area contributed by atoms with Crippen molar-refractivity contribution in [1.29, 1.82) is 0 Å². The summed E-state index contributed by atoms with van der Waals surface area (Å²) in [5.41, 5.74) is 7.87. The van der Waals surface area contributed by atoms with Gasteiger partial charge in [-0.3, -0.25) is 4.79 Å². The van der Waals surface area contributed by atoms with E-state index in [4.69, 9.17) is 10.5 Å². The Labute approximate surface area is 114 Å². The second kappa shape index (κ2) is 6.68. The quantitative estimate of drug-likeness (QED) is 0.874. The van der Waals surface area contributed by atoms with Gasteiger partial charge < -0.3 is 15.8 Å². The third kappa shape index (κ3) is 4.65. The van der Waals surface area contributed by atoms with Crippen LogP contribution in [0.15, 0.2) is 24.3 Å². The van der Waals surface area contributed by atoms with Gasteiger partial charge in [-0.15, -0.1) is 0 Å². The molecule has 0 aliphatic heterocycles. The van der Waals surface area contributed by atoms with Crippen LogP contribution in [0.5, 0.6) is 0 Å². The standard InChI is InChI=1S/C15H22N2O2/c1-11-5-7-13(8-6-11)17-15(18)10-19-14-4-2-3-12(16)9-14/h5-8,12,14H,2-4,9-10,16H2,1H3,(H,17,18). The molecule has 1 aromatic rings. The van der Waals surface area contributed by atoms with Gasteiger partial charge in [-0.05, 0) is 44.7 Å². The summed E-state index contributed by atoms with van der Waals surface area (Å²) in [6.45, 7) is 2.12. The normalized spacial score (nSPS) is 23.1. The second-order valence-electron chi connectivity index (χ2n) is 5.27. The van der Waals surface area contributed by atoms with Gasteiger partial charge in [-0.1, -0.05) is 17.7 Å². The number of ether oxygens (including phenoxy) is 1. The molecule has 1 aliphatic rings. The number of carbonyl (C=O) groups is 1. The van der Waals surface area contributed by atoms with E-state index in [0.717, 1.165) is 31.4 Å². The summed E-state index contributed by atoms with van der Waals surface area (Å²) in [6.07, 6.45) is 4.15. The van der Waals surface area contributed by atoms with Crippen LogP contribution in [0.25, 0.3) is 0 Å². The van der Waals surface area contributed by atoms with Crippen LogP contribution in [0.3, 0.4) is 0 Å². The largest absolute Gasteiger partial charge is 0.368 e. The second-order valence-corrected chi connectivity index (χ2v) is 5.27. The van der Waals surface area contributed by atoms with Gasteiger partial charge in [0, 0.05) is 11.7 Å². The van der Waals surface area contributed by atoms with Gasteiger partial charge in [0.05, 0.1) is 6.10 Å². The van der Waals surface area contributed by atoms with Crippen LogP contribution in [-0.4, -0.2) is 24.7 Å². The monoisotopic (exact) mass is 262 g/mol. The Balaban J connectivity index is 1.73. The lowest BCUT2D eigenvalue weighted by Crippen LogP contribution is -2.33. The molecule has 3 N–H and O–H groups in total. The van der Waals surface area contributed by atoms with Crippen molar-refractivity contribution in [2.45, 2.75) is 44.8 Å². The first-order valence-corrected chi connectivity index (χ1v) is 6.87. The summed E-state index contributed by atoms with van der Waals surface area (Å²) in [7, 11) is 0. The average Bonchev–Trinajstić information content (AvgIpc) is 2.39. The predicted octanol–water partition coefficient (Wildman–Crippen LogP) is 2.22. The first-order chi connectivity index (χ1) is 9.13. The number of hydrogen-bond donors (Lipinski definition) is 2. The van der Waals surface area contributed by atoms with E-state index in [-0.39, 0.29) is 24.7 Å². The van der Waals surface area contributed by atoms with E-state index in [9.17, 15) is 4.79 Å². The van der Waals surface area contributed by atoms with E-state index in [1.54, 1.807) is 0 Å². The van der Waals surface area contributed by atoms with Gasteiger partial charge in [-0.25, -0.2) is 0 Å². The number of anilines is 1. The van der Waals surface area contributed by atoms with E-state index in [1.165, 1.54) is 5.56 Å². The molecule has 2 unspecified atom stereocenters. The number of rotatable bonds is 4. The zero-order valence-corrected chi connectivity index (χ0v) is 11.4. The Morgan fingerprint density at radius 3 is 2.79 bits per heavy atom. The molecular formula is C15H22N2O2. The van der Waals surface area contributed by atoms with Crippen molar-refractivity contribution < 1.29 is 9.53 Å². The minimum atomic E-state index is -0.108. The zero-order valence-electron chi connectivity index (χ0n) is 11.4. The molecule has 0 heterocycles. The van der Waals surface area contributed by atoms with Crippen LogP contribution in [0.2, 0.25) is 0 Å². The molecule has 0 saturated heterocycles. The average molecular weight is 262 g/mol. The Kier molecular flexibility index (Phi) is 4.93. The molecule has 1 fully saturated rings. The van der Waals surface area contributed by atoms with E-state index in [0.29, 0.717) is 0 Å². The molecule has 19 heavy (non-hydrogen) atoms. The highest BCUT2D eigenvalue weighted by molar-refractivity contribution is 5.91. The fourth-order valence-electron chi connectivity index (χ4n) is 2.36. The molecule has 1 aromatic carbocycles. The lowest BCUT2D eigenvalue weighted by Gasteiger charge is -2.26. The summed E-state index contributed by atoms with van der Waals surface area (Å²) in [6, 6.07) is 7.94. The van der Waals surface area contributed by atoms with Crippen LogP contribution in [0.4, 0.5) is 5.69 Å². The fourth-order valence-corrected chi connectivity index (χ4v) is 2.36.